The van der Waals surface area contributed by atoms with Crippen LogP contribution >= 0.6 is 0 Å². The van der Waals surface area contributed by atoms with E-state index in [1.54, 1.807) is 12.1 Å². The second-order valence-corrected chi connectivity index (χ2v) is 9.87. The van der Waals surface area contributed by atoms with E-state index in [2.05, 4.69) is 14.9 Å². The predicted molar refractivity (Wildman–Crippen MR) is 114 cm³/mol. The molecule has 2 fully saturated rings. The first kappa shape index (κ1) is 22.6. The maximum atomic E-state index is 13.0. The van der Waals surface area contributed by atoms with Crippen LogP contribution in [0.25, 0.3) is 0 Å². The number of alkyl halides is 3. The van der Waals surface area contributed by atoms with Crippen molar-refractivity contribution in [2.75, 3.05) is 17.8 Å². The quantitative estimate of drug-likeness (QED) is 0.676. The van der Waals surface area contributed by atoms with E-state index in [9.17, 15) is 26.4 Å². The number of halogens is 3. The molecular weight excluding hydrogens is 443 g/mol. The zero-order valence-corrected chi connectivity index (χ0v) is 18.0. The number of sulfonamides is 1. The molecule has 1 amide bonds. The molecule has 0 radical (unpaired) electrons. The fourth-order valence-corrected chi connectivity index (χ4v) is 5.05. The molecule has 10 heteroatoms. The molecule has 0 unspecified atom stereocenters. The average molecular weight is 468 g/mol. The first-order chi connectivity index (χ1) is 15.1. The molecule has 1 aliphatic carbocycles. The lowest BCUT2D eigenvalue weighted by Crippen LogP contribution is -2.45. The summed E-state index contributed by atoms with van der Waals surface area (Å²) in [7, 11) is -4.33. The Morgan fingerprint density at radius 1 is 0.969 bits per heavy atom. The van der Waals surface area contributed by atoms with Gasteiger partial charge in [0.25, 0.3) is 15.9 Å². The molecule has 32 heavy (non-hydrogen) atoms. The van der Waals surface area contributed by atoms with Gasteiger partial charge in [-0.15, -0.1) is 0 Å². The number of amides is 1. The van der Waals surface area contributed by atoms with Crippen molar-refractivity contribution in [3.8, 4) is 0 Å². The minimum atomic E-state index is -4.67. The second kappa shape index (κ2) is 8.74. The molecule has 1 aliphatic heterocycles. The summed E-state index contributed by atoms with van der Waals surface area (Å²) in [5, 5.41) is 2.96. The molecule has 1 saturated heterocycles. The second-order valence-electron chi connectivity index (χ2n) is 8.19. The SMILES string of the molecule is O=C(NC1CCN(C2CC2)CC1)c1ccccc1NS(=O)(=O)c1cccc(C(F)(F)F)c1. The number of para-hydroxylation sites is 1. The number of piperidine rings is 1. The monoisotopic (exact) mass is 467 g/mol. The molecule has 2 aromatic carbocycles. The van der Waals surface area contributed by atoms with Crippen LogP contribution in [0.1, 0.15) is 41.6 Å². The molecule has 0 bridgehead atoms. The number of likely N-dealkylation sites (tertiary alicyclic amines) is 1. The summed E-state index contributed by atoms with van der Waals surface area (Å²) in [5.41, 5.74) is -0.936. The summed E-state index contributed by atoms with van der Waals surface area (Å²) < 4.78 is 66.7. The summed E-state index contributed by atoms with van der Waals surface area (Å²) in [6.45, 7) is 1.83. The first-order valence-corrected chi connectivity index (χ1v) is 12.0. The van der Waals surface area contributed by atoms with Gasteiger partial charge in [-0.25, -0.2) is 8.42 Å². The lowest BCUT2D eigenvalue weighted by Gasteiger charge is -2.32. The van der Waals surface area contributed by atoms with Gasteiger partial charge in [0.1, 0.15) is 0 Å². The standard InChI is InChI=1S/C22H24F3N3O3S/c23-22(24,25)15-4-3-5-18(14-15)32(30,31)27-20-7-2-1-6-19(20)21(29)26-16-10-12-28(13-11-16)17-8-9-17/h1-7,14,16-17,27H,8-13H2,(H,26,29). The Morgan fingerprint density at radius 3 is 2.31 bits per heavy atom. The molecule has 2 aliphatic rings. The van der Waals surface area contributed by atoms with Crippen molar-refractivity contribution in [3.63, 3.8) is 0 Å². The van der Waals surface area contributed by atoms with E-state index in [0.29, 0.717) is 12.1 Å². The Kier molecular flexibility index (Phi) is 6.17. The lowest BCUT2D eigenvalue weighted by atomic mass is 10.0. The Hall–Kier alpha value is -2.59. The molecule has 2 aromatic rings. The maximum Gasteiger partial charge on any atom is 0.416 e. The van der Waals surface area contributed by atoms with Crippen LogP contribution in [0.3, 0.4) is 0 Å². The van der Waals surface area contributed by atoms with E-state index >= 15 is 0 Å². The molecule has 2 N–H and O–H groups in total. The fourth-order valence-electron chi connectivity index (χ4n) is 3.93. The van der Waals surface area contributed by atoms with E-state index in [1.807, 2.05) is 0 Å². The van der Waals surface area contributed by atoms with Crippen molar-refractivity contribution in [2.45, 2.75) is 48.8 Å². The number of benzene rings is 2. The largest absolute Gasteiger partial charge is 0.416 e. The first-order valence-electron chi connectivity index (χ1n) is 10.5. The van der Waals surface area contributed by atoms with E-state index < -0.39 is 32.6 Å². The normalized spacial score (nSPS) is 18.3. The van der Waals surface area contributed by atoms with Gasteiger partial charge in [0.2, 0.25) is 0 Å². The van der Waals surface area contributed by atoms with Crippen LogP contribution in [0.4, 0.5) is 18.9 Å². The Labute approximate surface area is 184 Å². The van der Waals surface area contributed by atoms with Crippen molar-refractivity contribution in [2.24, 2.45) is 0 Å². The zero-order valence-electron chi connectivity index (χ0n) is 17.2. The van der Waals surface area contributed by atoms with Crippen molar-refractivity contribution in [1.29, 1.82) is 0 Å². The van der Waals surface area contributed by atoms with Gasteiger partial charge in [-0.2, -0.15) is 13.2 Å². The van der Waals surface area contributed by atoms with Crippen molar-refractivity contribution < 1.29 is 26.4 Å². The van der Waals surface area contributed by atoms with E-state index in [1.165, 1.54) is 25.0 Å². The smallest absolute Gasteiger partial charge is 0.349 e. The number of nitrogens with zero attached hydrogens (tertiary/aromatic N) is 1. The number of anilines is 1. The van der Waals surface area contributed by atoms with Gasteiger partial charge < -0.3 is 10.2 Å². The lowest BCUT2D eigenvalue weighted by molar-refractivity contribution is -0.137. The van der Waals surface area contributed by atoms with Gasteiger partial charge in [-0.3, -0.25) is 9.52 Å². The maximum absolute atomic E-state index is 13.0. The predicted octanol–water partition coefficient (Wildman–Crippen LogP) is 3.86. The van der Waals surface area contributed by atoms with Gasteiger partial charge in [0.15, 0.2) is 0 Å². The van der Waals surface area contributed by atoms with E-state index in [0.717, 1.165) is 44.1 Å². The fraction of sp³-hybridized carbons (Fsp3) is 0.409. The topological polar surface area (TPSA) is 78.5 Å². The average Bonchev–Trinajstić information content (AvgIpc) is 3.59. The highest BCUT2D eigenvalue weighted by molar-refractivity contribution is 7.92. The molecule has 6 nitrogen and oxygen atoms in total. The highest BCUT2D eigenvalue weighted by Gasteiger charge is 2.33. The van der Waals surface area contributed by atoms with E-state index in [-0.39, 0.29) is 17.3 Å². The third-order valence-corrected chi connectivity index (χ3v) is 7.18. The highest BCUT2D eigenvalue weighted by Crippen LogP contribution is 2.31. The van der Waals surface area contributed by atoms with Gasteiger partial charge in [-0.1, -0.05) is 18.2 Å². The van der Waals surface area contributed by atoms with Crippen LogP contribution in [-0.2, 0) is 16.2 Å². The number of hydrogen-bond acceptors (Lipinski definition) is 4. The number of carbonyl (C=O) groups excluding carboxylic acids is 1. The minimum absolute atomic E-state index is 0.00868. The van der Waals surface area contributed by atoms with E-state index in [4.69, 9.17) is 0 Å². The summed E-state index contributed by atoms with van der Waals surface area (Å²) >= 11 is 0. The molecular formula is C22H24F3N3O3S. The molecule has 1 saturated carbocycles. The van der Waals surface area contributed by atoms with Crippen LogP contribution < -0.4 is 10.0 Å². The number of nitrogens with one attached hydrogen (secondary N) is 2. The van der Waals surface area contributed by atoms with Crippen LogP contribution in [-0.4, -0.2) is 44.4 Å². The van der Waals surface area contributed by atoms with Crippen molar-refractivity contribution >= 4 is 21.6 Å². The van der Waals surface area contributed by atoms with Crippen molar-refractivity contribution in [3.05, 3.63) is 59.7 Å². The van der Waals surface area contributed by atoms with Gasteiger partial charge in [0, 0.05) is 25.2 Å². The van der Waals surface area contributed by atoms with Crippen LogP contribution in [0, 0.1) is 0 Å². The summed E-state index contributed by atoms with van der Waals surface area (Å²) in [5.74, 6) is -0.419. The van der Waals surface area contributed by atoms with Gasteiger partial charge in [0.05, 0.1) is 21.7 Å². The third kappa shape index (κ3) is 5.24. The third-order valence-electron chi connectivity index (χ3n) is 5.82. The summed E-state index contributed by atoms with van der Waals surface area (Å²) in [4.78, 5) is 14.8. The Bertz CT molecular complexity index is 1090. The molecule has 0 aromatic heterocycles. The molecule has 1 heterocycles. The Balaban J connectivity index is 1.48. The van der Waals surface area contributed by atoms with Gasteiger partial charge >= 0.3 is 6.18 Å². The molecule has 0 spiro atoms. The number of hydrogen-bond donors (Lipinski definition) is 2. The van der Waals surface area contributed by atoms with Crippen molar-refractivity contribution in [1.82, 2.24) is 10.2 Å². The number of rotatable bonds is 6. The molecule has 0 atom stereocenters. The Morgan fingerprint density at radius 2 is 1.66 bits per heavy atom. The zero-order chi connectivity index (χ0) is 22.9. The highest BCUT2D eigenvalue weighted by atomic mass is 32.2. The molecule has 4 rings (SSSR count). The summed E-state index contributed by atoms with van der Waals surface area (Å²) in [6.07, 6.45) is -0.564. The summed E-state index contributed by atoms with van der Waals surface area (Å²) in [6, 6.07) is 10.2. The van der Waals surface area contributed by atoms with Gasteiger partial charge in [-0.05, 0) is 56.0 Å². The van der Waals surface area contributed by atoms with Crippen LogP contribution in [0.15, 0.2) is 53.4 Å². The minimum Gasteiger partial charge on any atom is -0.349 e. The molecule has 172 valence electrons. The van der Waals surface area contributed by atoms with Crippen LogP contribution in [0.5, 0.6) is 0 Å². The van der Waals surface area contributed by atoms with Crippen LogP contribution in [0.2, 0.25) is 0 Å². The number of carbonyl (C=O) groups is 1.